The average Bonchev–Trinajstić information content (AvgIpc) is 1.96. The molecule has 0 fully saturated rings. The number of aliphatic hydroxyl groups is 1. The third kappa shape index (κ3) is 2.35. The molecule has 1 aromatic carbocycles. The number of benzene rings is 1. The van der Waals surface area contributed by atoms with Crippen molar-refractivity contribution in [1.29, 1.82) is 0 Å². The Balaban J connectivity index is 2.82. The van der Waals surface area contributed by atoms with E-state index < -0.39 is 0 Å². The van der Waals surface area contributed by atoms with Crippen LogP contribution >= 0.6 is 0 Å². The largest absolute Gasteiger partial charge is 0.393 e. The Morgan fingerprint density at radius 3 is 2.42 bits per heavy atom. The topological polar surface area (TPSA) is 20.2 Å². The normalized spacial score (nSPS) is 13.0. The second kappa shape index (κ2) is 3.72. The maximum Gasteiger partial charge on any atom is 0.0552 e. The van der Waals surface area contributed by atoms with Crippen molar-refractivity contribution in [3.63, 3.8) is 0 Å². The molecule has 0 unspecified atom stereocenters. The molecule has 66 valence electrons. The van der Waals surface area contributed by atoms with E-state index in [-0.39, 0.29) is 6.10 Å². The summed E-state index contributed by atoms with van der Waals surface area (Å²) in [6.07, 6.45) is 0.508. The maximum absolute atomic E-state index is 9.17. The summed E-state index contributed by atoms with van der Waals surface area (Å²) >= 11 is 0. The van der Waals surface area contributed by atoms with Gasteiger partial charge in [0.2, 0.25) is 0 Å². The fraction of sp³-hybridized carbons (Fsp3) is 0.455. The second-order valence-electron chi connectivity index (χ2n) is 3.47. The molecule has 1 nitrogen and oxygen atoms in total. The summed E-state index contributed by atoms with van der Waals surface area (Å²) in [5, 5.41) is 9.17. The van der Waals surface area contributed by atoms with Gasteiger partial charge in [-0.3, -0.25) is 0 Å². The molecule has 0 aliphatic heterocycles. The first-order valence-corrected chi connectivity index (χ1v) is 4.34. The fourth-order valence-electron chi connectivity index (χ4n) is 1.27. The molecule has 1 heteroatoms. The van der Waals surface area contributed by atoms with Gasteiger partial charge in [-0.15, -0.1) is 0 Å². The summed E-state index contributed by atoms with van der Waals surface area (Å²) in [5.41, 5.74) is 3.82. The van der Waals surface area contributed by atoms with Gasteiger partial charge in [-0.25, -0.2) is 0 Å². The van der Waals surface area contributed by atoms with Crippen LogP contribution in [-0.4, -0.2) is 11.2 Å². The maximum atomic E-state index is 9.17. The zero-order valence-electron chi connectivity index (χ0n) is 7.96. The van der Waals surface area contributed by atoms with Crippen molar-refractivity contribution in [3.8, 4) is 0 Å². The lowest BCUT2D eigenvalue weighted by atomic mass is 10.0. The Labute approximate surface area is 74.1 Å². The van der Waals surface area contributed by atoms with E-state index in [9.17, 15) is 0 Å². The van der Waals surface area contributed by atoms with E-state index >= 15 is 0 Å². The molecule has 1 N–H and O–H groups in total. The van der Waals surface area contributed by atoms with Crippen molar-refractivity contribution >= 4 is 0 Å². The molecule has 12 heavy (non-hydrogen) atoms. The highest BCUT2D eigenvalue weighted by Gasteiger charge is 1.99. The van der Waals surface area contributed by atoms with Crippen LogP contribution in [-0.2, 0) is 6.42 Å². The first-order chi connectivity index (χ1) is 5.59. The van der Waals surface area contributed by atoms with E-state index in [2.05, 4.69) is 32.0 Å². The molecule has 0 spiro atoms. The van der Waals surface area contributed by atoms with Crippen LogP contribution in [0.25, 0.3) is 0 Å². The van der Waals surface area contributed by atoms with Crippen molar-refractivity contribution in [2.75, 3.05) is 0 Å². The molecule has 0 amide bonds. The molecular formula is C11H16O. The second-order valence-corrected chi connectivity index (χ2v) is 3.47. The van der Waals surface area contributed by atoms with E-state index in [1.807, 2.05) is 6.92 Å². The van der Waals surface area contributed by atoms with Gasteiger partial charge in [0.15, 0.2) is 0 Å². The summed E-state index contributed by atoms with van der Waals surface area (Å²) in [6.45, 7) is 6.01. The molecule has 0 bridgehead atoms. The van der Waals surface area contributed by atoms with Crippen LogP contribution in [0.15, 0.2) is 18.2 Å². The van der Waals surface area contributed by atoms with Crippen molar-refractivity contribution in [2.24, 2.45) is 0 Å². The zero-order valence-corrected chi connectivity index (χ0v) is 7.96. The quantitative estimate of drug-likeness (QED) is 0.710. The molecule has 0 saturated carbocycles. The van der Waals surface area contributed by atoms with Crippen LogP contribution in [0.4, 0.5) is 0 Å². The van der Waals surface area contributed by atoms with Crippen molar-refractivity contribution < 1.29 is 5.11 Å². The highest BCUT2D eigenvalue weighted by molar-refractivity contribution is 5.30. The van der Waals surface area contributed by atoms with Gasteiger partial charge < -0.3 is 5.11 Å². The first kappa shape index (κ1) is 9.27. The molecule has 0 heterocycles. The molecular weight excluding hydrogens is 148 g/mol. The van der Waals surface area contributed by atoms with E-state index in [0.29, 0.717) is 0 Å². The molecule has 0 aromatic heterocycles. The molecule has 1 atom stereocenters. The van der Waals surface area contributed by atoms with Gasteiger partial charge >= 0.3 is 0 Å². The number of hydrogen-bond acceptors (Lipinski definition) is 1. The Kier molecular flexibility index (Phi) is 2.88. The van der Waals surface area contributed by atoms with Gasteiger partial charge in [0, 0.05) is 0 Å². The smallest absolute Gasteiger partial charge is 0.0552 e. The van der Waals surface area contributed by atoms with Gasteiger partial charge in [-0.2, -0.15) is 0 Å². The predicted octanol–water partition coefficient (Wildman–Crippen LogP) is 2.23. The van der Waals surface area contributed by atoms with Crippen LogP contribution in [0.5, 0.6) is 0 Å². The SMILES string of the molecule is Cc1ccc(C[C@H](C)O)cc1C. The minimum absolute atomic E-state index is 0.243. The van der Waals surface area contributed by atoms with Gasteiger partial charge in [0.05, 0.1) is 6.10 Å². The van der Waals surface area contributed by atoms with E-state index in [1.54, 1.807) is 0 Å². The lowest BCUT2D eigenvalue weighted by molar-refractivity contribution is 0.195. The molecule has 1 rings (SSSR count). The molecule has 0 aliphatic rings. The van der Waals surface area contributed by atoms with Gasteiger partial charge in [-0.05, 0) is 43.9 Å². The minimum Gasteiger partial charge on any atom is -0.393 e. The predicted molar refractivity (Wildman–Crippen MR) is 51.3 cm³/mol. The van der Waals surface area contributed by atoms with Gasteiger partial charge in [-0.1, -0.05) is 18.2 Å². The summed E-state index contributed by atoms with van der Waals surface area (Å²) in [5.74, 6) is 0. The third-order valence-corrected chi connectivity index (χ3v) is 2.10. The lowest BCUT2D eigenvalue weighted by Gasteiger charge is -2.06. The Hall–Kier alpha value is -0.820. The summed E-state index contributed by atoms with van der Waals surface area (Å²) < 4.78 is 0. The van der Waals surface area contributed by atoms with Crippen LogP contribution in [0.2, 0.25) is 0 Å². The number of rotatable bonds is 2. The van der Waals surface area contributed by atoms with Crippen molar-refractivity contribution in [2.45, 2.75) is 33.3 Å². The molecule has 0 saturated heterocycles. The van der Waals surface area contributed by atoms with Crippen LogP contribution in [0.1, 0.15) is 23.6 Å². The molecule has 1 aromatic rings. The summed E-state index contributed by atoms with van der Waals surface area (Å²) in [6, 6.07) is 6.32. The fourth-order valence-corrected chi connectivity index (χ4v) is 1.27. The Morgan fingerprint density at radius 1 is 1.25 bits per heavy atom. The molecule has 0 aliphatic carbocycles. The summed E-state index contributed by atoms with van der Waals surface area (Å²) in [7, 11) is 0. The highest BCUT2D eigenvalue weighted by atomic mass is 16.3. The Morgan fingerprint density at radius 2 is 1.92 bits per heavy atom. The minimum atomic E-state index is -0.243. The highest BCUT2D eigenvalue weighted by Crippen LogP contribution is 2.11. The van der Waals surface area contributed by atoms with E-state index in [0.717, 1.165) is 6.42 Å². The van der Waals surface area contributed by atoms with E-state index in [1.165, 1.54) is 16.7 Å². The number of aryl methyl sites for hydroxylation is 2. The molecule has 0 radical (unpaired) electrons. The number of hydrogen-bond donors (Lipinski definition) is 1. The van der Waals surface area contributed by atoms with E-state index in [4.69, 9.17) is 5.11 Å². The summed E-state index contributed by atoms with van der Waals surface area (Å²) in [4.78, 5) is 0. The first-order valence-electron chi connectivity index (χ1n) is 4.34. The standard InChI is InChI=1S/C11H16O/c1-8-4-5-11(6-9(8)2)7-10(3)12/h4-6,10,12H,7H2,1-3H3/t10-/m0/s1. The number of aliphatic hydroxyl groups excluding tert-OH is 1. The van der Waals surface area contributed by atoms with Crippen molar-refractivity contribution in [3.05, 3.63) is 34.9 Å². The monoisotopic (exact) mass is 164 g/mol. The Bertz CT molecular complexity index is 264. The van der Waals surface area contributed by atoms with Crippen molar-refractivity contribution in [1.82, 2.24) is 0 Å². The zero-order chi connectivity index (χ0) is 9.14. The lowest BCUT2D eigenvalue weighted by Crippen LogP contribution is -2.04. The average molecular weight is 164 g/mol. The van der Waals surface area contributed by atoms with Crippen LogP contribution in [0.3, 0.4) is 0 Å². The third-order valence-electron chi connectivity index (χ3n) is 2.10. The van der Waals surface area contributed by atoms with Gasteiger partial charge in [0.25, 0.3) is 0 Å². The van der Waals surface area contributed by atoms with Crippen LogP contribution in [0, 0.1) is 13.8 Å². The van der Waals surface area contributed by atoms with Crippen LogP contribution < -0.4 is 0 Å². The van der Waals surface area contributed by atoms with Gasteiger partial charge in [0.1, 0.15) is 0 Å².